The molecular weight excluding hydrogens is 277 g/mol. The van der Waals surface area contributed by atoms with Crippen molar-refractivity contribution in [1.82, 2.24) is 9.13 Å². The predicted molar refractivity (Wildman–Crippen MR) is 74.7 cm³/mol. The highest BCUT2D eigenvalue weighted by atomic mass is 19.1. The quantitative estimate of drug-likeness (QED) is 0.879. The molecule has 7 heteroatoms. The van der Waals surface area contributed by atoms with Crippen LogP contribution < -0.4 is 17.0 Å². The molecule has 0 saturated carbocycles. The molecule has 1 amide bonds. The number of nitrogens with two attached hydrogens (primary N) is 1. The van der Waals surface area contributed by atoms with Crippen molar-refractivity contribution in [1.29, 1.82) is 0 Å². The van der Waals surface area contributed by atoms with Crippen LogP contribution in [0.15, 0.2) is 40.1 Å². The van der Waals surface area contributed by atoms with Crippen LogP contribution in [0.4, 0.5) is 4.39 Å². The van der Waals surface area contributed by atoms with E-state index in [2.05, 4.69) is 0 Å². The number of carbonyl (C=O) groups is 1. The highest BCUT2D eigenvalue weighted by molar-refractivity contribution is 5.92. The number of amides is 1. The van der Waals surface area contributed by atoms with Crippen LogP contribution in [0.3, 0.4) is 0 Å². The van der Waals surface area contributed by atoms with Crippen molar-refractivity contribution in [2.45, 2.75) is 20.0 Å². The van der Waals surface area contributed by atoms with E-state index in [1.807, 2.05) is 0 Å². The van der Waals surface area contributed by atoms with Gasteiger partial charge in [-0.1, -0.05) is 0 Å². The van der Waals surface area contributed by atoms with Crippen LogP contribution in [0.1, 0.15) is 22.8 Å². The van der Waals surface area contributed by atoms with Crippen molar-refractivity contribution in [3.8, 4) is 0 Å². The number of nitrogens with zero attached hydrogens (tertiary/aromatic N) is 2. The molecule has 0 atom stereocenters. The maximum atomic E-state index is 13.8. The number of carbonyl (C=O) groups excluding carboxylic acids is 1. The van der Waals surface area contributed by atoms with Crippen LogP contribution in [-0.4, -0.2) is 15.0 Å². The molecule has 0 aliphatic carbocycles. The van der Waals surface area contributed by atoms with E-state index in [1.165, 1.54) is 29.0 Å². The van der Waals surface area contributed by atoms with Crippen LogP contribution in [0.25, 0.3) is 0 Å². The highest BCUT2D eigenvalue weighted by Gasteiger charge is 2.11. The molecule has 2 aromatic rings. The lowest BCUT2D eigenvalue weighted by molar-refractivity contribution is 0.1000. The summed E-state index contributed by atoms with van der Waals surface area (Å²) in [6.07, 6.45) is 1.39. The maximum Gasteiger partial charge on any atom is 0.331 e. The fraction of sp³-hybridized carbons (Fsp3) is 0.214. The lowest BCUT2D eigenvalue weighted by Crippen LogP contribution is -2.39. The molecular formula is C14H14FN3O3. The van der Waals surface area contributed by atoms with E-state index in [1.54, 1.807) is 6.92 Å². The third-order valence-electron chi connectivity index (χ3n) is 3.14. The first-order valence-corrected chi connectivity index (χ1v) is 6.32. The SMILES string of the molecule is CCn1ccc(=O)n(Cc2cc(C(N)=O)ccc2F)c1=O. The standard InChI is InChI=1S/C14H14FN3O3/c1-2-17-6-5-12(19)18(14(17)21)8-10-7-9(13(16)20)3-4-11(10)15/h3-7H,2,8H2,1H3,(H2,16,20). The van der Waals surface area contributed by atoms with Gasteiger partial charge in [0, 0.05) is 29.9 Å². The van der Waals surface area contributed by atoms with Crippen molar-refractivity contribution in [3.05, 3.63) is 68.2 Å². The second kappa shape index (κ2) is 5.74. The summed E-state index contributed by atoms with van der Waals surface area (Å²) in [5, 5.41) is 0. The average molecular weight is 291 g/mol. The number of hydrogen-bond donors (Lipinski definition) is 1. The number of rotatable bonds is 4. The lowest BCUT2D eigenvalue weighted by atomic mass is 10.1. The van der Waals surface area contributed by atoms with E-state index in [0.29, 0.717) is 6.54 Å². The van der Waals surface area contributed by atoms with Gasteiger partial charge >= 0.3 is 5.69 Å². The lowest BCUT2D eigenvalue weighted by Gasteiger charge is -2.09. The summed E-state index contributed by atoms with van der Waals surface area (Å²) < 4.78 is 16.0. The summed E-state index contributed by atoms with van der Waals surface area (Å²) in [4.78, 5) is 35.0. The van der Waals surface area contributed by atoms with E-state index in [9.17, 15) is 18.8 Å². The van der Waals surface area contributed by atoms with Crippen molar-refractivity contribution >= 4 is 5.91 Å². The van der Waals surface area contributed by atoms with E-state index in [0.717, 1.165) is 10.6 Å². The third kappa shape index (κ3) is 2.91. The molecule has 0 bridgehead atoms. The predicted octanol–water partition coefficient (Wildman–Crippen LogP) is 0.316. The van der Waals surface area contributed by atoms with Gasteiger partial charge in [0.1, 0.15) is 5.82 Å². The van der Waals surface area contributed by atoms with Crippen molar-refractivity contribution in [2.75, 3.05) is 0 Å². The Kier molecular flexibility index (Phi) is 4.02. The smallest absolute Gasteiger partial charge is 0.331 e. The van der Waals surface area contributed by atoms with Crippen molar-refractivity contribution in [3.63, 3.8) is 0 Å². The van der Waals surface area contributed by atoms with Crippen LogP contribution in [0.2, 0.25) is 0 Å². The molecule has 0 fully saturated rings. The van der Waals surface area contributed by atoms with Crippen molar-refractivity contribution < 1.29 is 9.18 Å². The molecule has 1 aromatic carbocycles. The Bertz CT molecular complexity index is 808. The van der Waals surface area contributed by atoms with Gasteiger partial charge in [0.25, 0.3) is 5.56 Å². The molecule has 0 radical (unpaired) electrons. The Morgan fingerprint density at radius 3 is 2.62 bits per heavy atom. The number of aryl methyl sites for hydroxylation is 1. The Balaban J connectivity index is 2.53. The van der Waals surface area contributed by atoms with Gasteiger partial charge in [-0.25, -0.2) is 9.18 Å². The van der Waals surface area contributed by atoms with Gasteiger partial charge in [-0.15, -0.1) is 0 Å². The molecule has 0 aliphatic heterocycles. The van der Waals surface area contributed by atoms with E-state index >= 15 is 0 Å². The third-order valence-corrected chi connectivity index (χ3v) is 3.14. The minimum absolute atomic E-state index is 0.0550. The fourth-order valence-electron chi connectivity index (χ4n) is 1.96. The Labute approximate surface area is 119 Å². The molecule has 110 valence electrons. The second-order valence-corrected chi connectivity index (χ2v) is 4.48. The Hall–Kier alpha value is -2.70. The minimum atomic E-state index is -0.706. The normalized spacial score (nSPS) is 10.6. The molecule has 1 heterocycles. The Morgan fingerprint density at radius 2 is 2.00 bits per heavy atom. The van der Waals surface area contributed by atoms with Gasteiger partial charge in [0.15, 0.2) is 0 Å². The van der Waals surface area contributed by atoms with Gasteiger partial charge in [-0.2, -0.15) is 0 Å². The average Bonchev–Trinajstić information content (AvgIpc) is 2.45. The number of hydrogen-bond acceptors (Lipinski definition) is 3. The minimum Gasteiger partial charge on any atom is -0.366 e. The summed E-state index contributed by atoms with van der Waals surface area (Å²) in [5.74, 6) is -1.32. The highest BCUT2D eigenvalue weighted by Crippen LogP contribution is 2.11. The van der Waals surface area contributed by atoms with Gasteiger partial charge in [0.2, 0.25) is 5.91 Å². The van der Waals surface area contributed by atoms with Crippen LogP contribution in [0, 0.1) is 5.82 Å². The number of aromatic nitrogens is 2. The van der Waals surface area contributed by atoms with Gasteiger partial charge in [-0.05, 0) is 25.1 Å². The molecule has 2 N–H and O–H groups in total. The number of primary amides is 1. The second-order valence-electron chi connectivity index (χ2n) is 4.48. The monoisotopic (exact) mass is 291 g/mol. The first-order valence-electron chi connectivity index (χ1n) is 6.32. The molecule has 6 nitrogen and oxygen atoms in total. The first kappa shape index (κ1) is 14.7. The summed E-state index contributed by atoms with van der Waals surface area (Å²) in [6.45, 7) is 1.89. The molecule has 0 saturated heterocycles. The zero-order valence-electron chi connectivity index (χ0n) is 11.4. The first-order chi connectivity index (χ1) is 9.93. The van der Waals surface area contributed by atoms with Gasteiger partial charge < -0.3 is 10.3 Å². The summed E-state index contributed by atoms with van der Waals surface area (Å²) in [6, 6.07) is 4.81. The zero-order valence-corrected chi connectivity index (χ0v) is 11.4. The molecule has 0 aliphatic rings. The maximum absolute atomic E-state index is 13.8. The molecule has 0 unspecified atom stereocenters. The molecule has 1 aromatic heterocycles. The van der Waals surface area contributed by atoms with Gasteiger partial charge in [-0.3, -0.25) is 14.2 Å². The van der Waals surface area contributed by atoms with E-state index in [-0.39, 0.29) is 17.7 Å². The van der Waals surface area contributed by atoms with Crippen LogP contribution in [-0.2, 0) is 13.1 Å². The zero-order chi connectivity index (χ0) is 15.6. The van der Waals surface area contributed by atoms with Crippen LogP contribution >= 0.6 is 0 Å². The van der Waals surface area contributed by atoms with Gasteiger partial charge in [0.05, 0.1) is 6.54 Å². The number of benzene rings is 1. The summed E-state index contributed by atoms with van der Waals surface area (Å²) >= 11 is 0. The summed E-state index contributed by atoms with van der Waals surface area (Å²) in [5.41, 5.74) is 4.24. The number of halogens is 1. The molecule has 0 spiro atoms. The fourth-order valence-corrected chi connectivity index (χ4v) is 1.96. The van der Waals surface area contributed by atoms with Crippen molar-refractivity contribution in [2.24, 2.45) is 5.73 Å². The topological polar surface area (TPSA) is 87.1 Å². The molecule has 21 heavy (non-hydrogen) atoms. The van der Waals surface area contributed by atoms with E-state index in [4.69, 9.17) is 5.73 Å². The largest absolute Gasteiger partial charge is 0.366 e. The van der Waals surface area contributed by atoms with Crippen LogP contribution in [0.5, 0.6) is 0 Å². The Morgan fingerprint density at radius 1 is 1.29 bits per heavy atom. The van der Waals surface area contributed by atoms with E-state index < -0.39 is 23.0 Å². The molecule has 2 rings (SSSR count). The summed E-state index contributed by atoms with van der Waals surface area (Å²) in [7, 11) is 0.